The van der Waals surface area contributed by atoms with Crippen LogP contribution in [0.15, 0.2) is 67.1 Å². The number of ether oxygens (including phenoxy) is 2. The number of amides is 4. The molecule has 12 heteroatoms. The van der Waals surface area contributed by atoms with Gasteiger partial charge in [-0.15, -0.1) is 0 Å². The van der Waals surface area contributed by atoms with Crippen molar-refractivity contribution >= 4 is 35.1 Å². The lowest BCUT2D eigenvalue weighted by molar-refractivity contribution is 0.0365. The van der Waals surface area contributed by atoms with Gasteiger partial charge in [0, 0.05) is 57.0 Å². The molecule has 228 valence electrons. The van der Waals surface area contributed by atoms with Crippen molar-refractivity contribution in [2.24, 2.45) is 0 Å². The van der Waals surface area contributed by atoms with Gasteiger partial charge < -0.3 is 25.0 Å². The summed E-state index contributed by atoms with van der Waals surface area (Å²) in [6.45, 7) is 10.3. The van der Waals surface area contributed by atoms with Gasteiger partial charge in [-0.1, -0.05) is 18.2 Å². The van der Waals surface area contributed by atoms with Crippen molar-refractivity contribution in [1.82, 2.24) is 19.8 Å². The Kier molecular flexibility index (Phi) is 11.0. The Morgan fingerprint density at radius 1 is 0.953 bits per heavy atom. The van der Waals surface area contributed by atoms with Crippen LogP contribution in [0.1, 0.15) is 43.2 Å². The van der Waals surface area contributed by atoms with Gasteiger partial charge in [0.15, 0.2) is 0 Å². The van der Waals surface area contributed by atoms with Gasteiger partial charge in [-0.25, -0.2) is 9.59 Å². The first-order valence-corrected chi connectivity index (χ1v) is 14.3. The summed E-state index contributed by atoms with van der Waals surface area (Å²) in [6.07, 6.45) is 5.01. The topological polar surface area (TPSA) is 138 Å². The van der Waals surface area contributed by atoms with Gasteiger partial charge in [0.05, 0.1) is 24.6 Å². The zero-order valence-electron chi connectivity index (χ0n) is 24.8. The average Bonchev–Trinajstić information content (AvgIpc) is 2.98. The minimum atomic E-state index is -0.661. The highest BCUT2D eigenvalue weighted by atomic mass is 16.6. The van der Waals surface area contributed by atoms with E-state index in [-0.39, 0.29) is 11.7 Å². The largest absolute Gasteiger partial charge is 0.444 e. The second-order valence-corrected chi connectivity index (χ2v) is 11.1. The van der Waals surface area contributed by atoms with E-state index < -0.39 is 17.6 Å². The first-order valence-electron chi connectivity index (χ1n) is 14.3. The summed E-state index contributed by atoms with van der Waals surface area (Å²) in [6, 6.07) is 13.5. The summed E-state index contributed by atoms with van der Waals surface area (Å²) in [5.41, 5.74) is 1.77. The second kappa shape index (κ2) is 15.1. The molecule has 1 fully saturated rings. The Morgan fingerprint density at radius 2 is 1.65 bits per heavy atom. The van der Waals surface area contributed by atoms with E-state index in [0.29, 0.717) is 30.2 Å². The van der Waals surface area contributed by atoms with E-state index in [2.05, 4.69) is 30.8 Å². The fourth-order valence-electron chi connectivity index (χ4n) is 4.37. The number of nitrogens with one attached hydrogen (secondary N) is 3. The molecule has 43 heavy (non-hydrogen) atoms. The molecular weight excluding hydrogens is 550 g/mol. The third kappa shape index (κ3) is 10.3. The maximum absolute atomic E-state index is 13.2. The van der Waals surface area contributed by atoms with E-state index in [1.165, 1.54) is 0 Å². The first kappa shape index (κ1) is 31.4. The fourth-order valence-corrected chi connectivity index (χ4v) is 4.37. The van der Waals surface area contributed by atoms with Crippen molar-refractivity contribution in [2.75, 3.05) is 55.3 Å². The first-order chi connectivity index (χ1) is 20.7. The quantitative estimate of drug-likeness (QED) is 0.306. The summed E-state index contributed by atoms with van der Waals surface area (Å²) < 4.78 is 10.7. The van der Waals surface area contributed by atoms with Crippen LogP contribution >= 0.6 is 0 Å². The number of anilines is 3. The van der Waals surface area contributed by atoms with Crippen LogP contribution in [0.2, 0.25) is 0 Å². The molecule has 3 aromatic rings. The number of carbonyl (C=O) groups is 3. The zero-order chi connectivity index (χ0) is 30.7. The van der Waals surface area contributed by atoms with Gasteiger partial charge in [-0.2, -0.15) is 0 Å². The number of benzene rings is 1. The second-order valence-electron chi connectivity index (χ2n) is 11.1. The SMILES string of the molecule is CC(C)(C)OC(=O)Nc1ccccc1NC(=O)c1ccc(CN(CCCN2CCOCC2)C(=O)Nc2ccncc2)cn1. The molecule has 0 saturated carbocycles. The number of para-hydroxylation sites is 2. The maximum atomic E-state index is 13.2. The van der Waals surface area contributed by atoms with Crippen molar-refractivity contribution in [3.63, 3.8) is 0 Å². The van der Waals surface area contributed by atoms with Crippen molar-refractivity contribution in [3.05, 3.63) is 78.4 Å². The number of aromatic nitrogens is 2. The van der Waals surface area contributed by atoms with E-state index in [1.807, 2.05) is 0 Å². The predicted octanol–water partition coefficient (Wildman–Crippen LogP) is 4.83. The minimum Gasteiger partial charge on any atom is -0.444 e. The normalized spacial score (nSPS) is 13.6. The van der Waals surface area contributed by atoms with Gasteiger partial charge >= 0.3 is 12.1 Å². The zero-order valence-corrected chi connectivity index (χ0v) is 24.8. The number of hydrogen-bond acceptors (Lipinski definition) is 8. The van der Waals surface area contributed by atoms with Gasteiger partial charge in [-0.05, 0) is 63.1 Å². The molecule has 3 N–H and O–H groups in total. The lowest BCUT2D eigenvalue weighted by Crippen LogP contribution is -2.40. The number of pyridine rings is 2. The van der Waals surface area contributed by atoms with Crippen LogP contribution in [-0.2, 0) is 16.0 Å². The Morgan fingerprint density at radius 3 is 2.30 bits per heavy atom. The van der Waals surface area contributed by atoms with Crippen molar-refractivity contribution < 1.29 is 23.9 Å². The van der Waals surface area contributed by atoms with Crippen LogP contribution in [0.3, 0.4) is 0 Å². The summed E-state index contributed by atoms with van der Waals surface area (Å²) in [5.74, 6) is -0.442. The summed E-state index contributed by atoms with van der Waals surface area (Å²) >= 11 is 0. The molecule has 1 aliphatic rings. The van der Waals surface area contributed by atoms with Crippen molar-refractivity contribution in [2.45, 2.75) is 39.3 Å². The molecule has 1 saturated heterocycles. The Balaban J connectivity index is 1.38. The van der Waals surface area contributed by atoms with Crippen LogP contribution in [0, 0.1) is 0 Å². The average molecular weight is 590 g/mol. The molecular formula is C31H39N7O5. The van der Waals surface area contributed by atoms with E-state index in [0.717, 1.165) is 44.8 Å². The third-order valence-electron chi connectivity index (χ3n) is 6.47. The molecule has 4 rings (SSSR count). The van der Waals surface area contributed by atoms with Gasteiger partial charge in [-0.3, -0.25) is 25.0 Å². The molecule has 0 spiro atoms. The molecule has 1 aromatic carbocycles. The number of morpholine rings is 1. The maximum Gasteiger partial charge on any atom is 0.412 e. The summed E-state index contributed by atoms with van der Waals surface area (Å²) in [7, 11) is 0. The van der Waals surface area contributed by atoms with Gasteiger partial charge in [0.25, 0.3) is 5.91 Å². The smallest absolute Gasteiger partial charge is 0.412 e. The highest BCUT2D eigenvalue weighted by molar-refractivity contribution is 6.05. The molecule has 2 aromatic heterocycles. The lowest BCUT2D eigenvalue weighted by Gasteiger charge is -2.28. The van der Waals surface area contributed by atoms with Crippen LogP contribution in [0.4, 0.5) is 26.7 Å². The van der Waals surface area contributed by atoms with Gasteiger partial charge in [0.2, 0.25) is 0 Å². The monoisotopic (exact) mass is 589 g/mol. The number of carbonyl (C=O) groups excluding carboxylic acids is 3. The molecule has 12 nitrogen and oxygen atoms in total. The molecule has 0 radical (unpaired) electrons. The summed E-state index contributed by atoms with van der Waals surface area (Å²) in [4.78, 5) is 50.9. The lowest BCUT2D eigenvalue weighted by atomic mass is 10.2. The highest BCUT2D eigenvalue weighted by Gasteiger charge is 2.19. The van der Waals surface area contributed by atoms with Crippen molar-refractivity contribution in [3.8, 4) is 0 Å². The predicted molar refractivity (Wildman–Crippen MR) is 164 cm³/mol. The Labute approximate surface area is 251 Å². The number of nitrogens with zero attached hydrogens (tertiary/aromatic N) is 4. The van der Waals surface area contributed by atoms with Crippen molar-refractivity contribution in [1.29, 1.82) is 0 Å². The number of hydrogen-bond donors (Lipinski definition) is 3. The van der Waals surface area contributed by atoms with Crippen LogP contribution < -0.4 is 16.0 Å². The van der Waals surface area contributed by atoms with Gasteiger partial charge in [0.1, 0.15) is 11.3 Å². The van der Waals surface area contributed by atoms with Crippen LogP contribution in [-0.4, -0.2) is 82.8 Å². The molecule has 4 amide bonds. The standard InChI is InChI=1S/C31H39N7O5/c1-31(2,3)43-30(41)36-26-8-5-4-7-25(26)35-28(39)27-10-9-23(21-33-27)22-38(16-6-15-37-17-19-42-20-18-37)29(40)34-24-11-13-32-14-12-24/h4-5,7-14,21H,6,15-20,22H2,1-3H3,(H,35,39)(H,36,41)(H,32,34,40). The number of urea groups is 1. The minimum absolute atomic E-state index is 0.191. The molecule has 0 unspecified atom stereocenters. The summed E-state index contributed by atoms with van der Waals surface area (Å²) in [5, 5.41) is 8.39. The van der Waals surface area contributed by atoms with E-state index in [4.69, 9.17) is 9.47 Å². The molecule has 0 bridgehead atoms. The third-order valence-corrected chi connectivity index (χ3v) is 6.47. The van der Waals surface area contributed by atoms with E-state index in [9.17, 15) is 14.4 Å². The fraction of sp³-hybridized carbons (Fsp3) is 0.387. The number of rotatable bonds is 10. The molecule has 1 aliphatic heterocycles. The Bertz CT molecular complexity index is 1360. The van der Waals surface area contributed by atoms with E-state index in [1.54, 1.807) is 92.8 Å². The Hall–Kier alpha value is -4.55. The molecule has 0 atom stereocenters. The van der Waals surface area contributed by atoms with Crippen LogP contribution in [0.25, 0.3) is 0 Å². The highest BCUT2D eigenvalue weighted by Crippen LogP contribution is 2.23. The van der Waals surface area contributed by atoms with Crippen LogP contribution in [0.5, 0.6) is 0 Å². The molecule has 3 heterocycles. The molecule has 0 aliphatic carbocycles. The van der Waals surface area contributed by atoms with E-state index >= 15 is 0 Å².